The van der Waals surface area contributed by atoms with E-state index in [1.165, 1.54) is 0 Å². The molecule has 1 aromatic heterocycles. The third-order valence-corrected chi connectivity index (χ3v) is 2.68. The van der Waals surface area contributed by atoms with Crippen LogP contribution in [0.4, 0.5) is 0 Å². The van der Waals surface area contributed by atoms with Crippen LogP contribution >= 0.6 is 0 Å². The SMILES string of the molecule is O=C(O)CCCCNC(=O)c1ccc2n[nH]nc2c1. The lowest BCUT2D eigenvalue weighted by Gasteiger charge is -2.04. The van der Waals surface area contributed by atoms with Gasteiger partial charge in [0.15, 0.2) is 0 Å². The van der Waals surface area contributed by atoms with Crippen LogP contribution < -0.4 is 5.32 Å². The first-order valence-corrected chi connectivity index (χ1v) is 5.97. The van der Waals surface area contributed by atoms with E-state index in [0.29, 0.717) is 36.0 Å². The number of hydrogen-bond acceptors (Lipinski definition) is 4. The standard InChI is InChI=1S/C12H14N4O3/c17-11(18)3-1-2-6-13-12(19)8-4-5-9-10(7-8)15-16-14-9/h4-5,7H,1-3,6H2,(H,13,19)(H,17,18)(H,14,15,16). The minimum atomic E-state index is -0.817. The average molecular weight is 262 g/mol. The average Bonchev–Trinajstić information content (AvgIpc) is 2.84. The van der Waals surface area contributed by atoms with E-state index >= 15 is 0 Å². The van der Waals surface area contributed by atoms with Gasteiger partial charge in [0.05, 0.1) is 0 Å². The van der Waals surface area contributed by atoms with Crippen molar-refractivity contribution in [1.29, 1.82) is 0 Å². The van der Waals surface area contributed by atoms with E-state index in [-0.39, 0.29) is 12.3 Å². The summed E-state index contributed by atoms with van der Waals surface area (Å²) < 4.78 is 0. The Labute approximate surface area is 109 Å². The molecule has 100 valence electrons. The quantitative estimate of drug-likeness (QED) is 0.671. The molecule has 2 rings (SSSR count). The number of carbonyl (C=O) groups is 2. The molecule has 7 heteroatoms. The van der Waals surface area contributed by atoms with Crippen molar-refractivity contribution in [3.8, 4) is 0 Å². The molecule has 1 heterocycles. The van der Waals surface area contributed by atoms with Gasteiger partial charge >= 0.3 is 5.97 Å². The number of fused-ring (bicyclic) bond motifs is 1. The first-order chi connectivity index (χ1) is 9.16. The van der Waals surface area contributed by atoms with Crippen LogP contribution in [0, 0.1) is 0 Å². The van der Waals surface area contributed by atoms with Gasteiger partial charge in [-0.2, -0.15) is 15.4 Å². The molecule has 0 radical (unpaired) electrons. The predicted octanol–water partition coefficient (Wildman–Crippen LogP) is 0.943. The zero-order chi connectivity index (χ0) is 13.7. The third-order valence-electron chi connectivity index (χ3n) is 2.68. The third kappa shape index (κ3) is 3.51. The summed E-state index contributed by atoms with van der Waals surface area (Å²) in [6.07, 6.45) is 1.32. The molecule has 0 spiro atoms. The van der Waals surface area contributed by atoms with E-state index in [1.807, 2.05) is 0 Å². The molecule has 0 unspecified atom stereocenters. The molecule has 2 aromatic rings. The number of nitrogens with one attached hydrogen (secondary N) is 2. The van der Waals surface area contributed by atoms with E-state index in [2.05, 4.69) is 20.7 Å². The Kier molecular flexibility index (Phi) is 4.07. The highest BCUT2D eigenvalue weighted by atomic mass is 16.4. The number of carbonyl (C=O) groups excluding carboxylic acids is 1. The van der Waals surface area contributed by atoms with Gasteiger partial charge in [-0.05, 0) is 31.0 Å². The normalized spacial score (nSPS) is 10.5. The van der Waals surface area contributed by atoms with Crippen LogP contribution in [0.5, 0.6) is 0 Å². The van der Waals surface area contributed by atoms with Crippen molar-refractivity contribution in [2.45, 2.75) is 19.3 Å². The summed E-state index contributed by atoms with van der Waals surface area (Å²) in [7, 11) is 0. The maximum atomic E-state index is 11.8. The monoisotopic (exact) mass is 262 g/mol. The number of hydrogen-bond donors (Lipinski definition) is 3. The smallest absolute Gasteiger partial charge is 0.303 e. The number of benzene rings is 1. The van der Waals surface area contributed by atoms with Crippen molar-refractivity contribution in [3.05, 3.63) is 23.8 Å². The Bertz CT molecular complexity index is 593. The highest BCUT2D eigenvalue weighted by Gasteiger charge is 2.07. The van der Waals surface area contributed by atoms with Crippen molar-refractivity contribution in [2.24, 2.45) is 0 Å². The number of amides is 1. The van der Waals surface area contributed by atoms with E-state index in [9.17, 15) is 9.59 Å². The maximum absolute atomic E-state index is 11.8. The van der Waals surface area contributed by atoms with Crippen molar-refractivity contribution >= 4 is 22.9 Å². The van der Waals surface area contributed by atoms with Gasteiger partial charge in [-0.25, -0.2) is 0 Å². The van der Waals surface area contributed by atoms with Crippen LogP contribution in [0.15, 0.2) is 18.2 Å². The summed E-state index contributed by atoms with van der Waals surface area (Å²) in [6.45, 7) is 0.461. The number of H-pyrrole nitrogens is 1. The fraction of sp³-hybridized carbons (Fsp3) is 0.333. The first kappa shape index (κ1) is 13.0. The first-order valence-electron chi connectivity index (χ1n) is 5.97. The Morgan fingerprint density at radius 3 is 2.79 bits per heavy atom. The Morgan fingerprint density at radius 2 is 2.00 bits per heavy atom. The Morgan fingerprint density at radius 1 is 1.21 bits per heavy atom. The highest BCUT2D eigenvalue weighted by Crippen LogP contribution is 2.10. The molecule has 0 aliphatic carbocycles. The van der Waals surface area contributed by atoms with Crippen molar-refractivity contribution in [2.75, 3.05) is 6.54 Å². The highest BCUT2D eigenvalue weighted by molar-refractivity contribution is 5.97. The lowest BCUT2D eigenvalue weighted by molar-refractivity contribution is -0.137. The Balaban J connectivity index is 1.84. The molecule has 19 heavy (non-hydrogen) atoms. The Hall–Kier alpha value is -2.44. The molecular weight excluding hydrogens is 248 g/mol. The minimum absolute atomic E-state index is 0.126. The molecule has 7 nitrogen and oxygen atoms in total. The summed E-state index contributed by atoms with van der Waals surface area (Å²) in [5.41, 5.74) is 1.86. The number of rotatable bonds is 6. The van der Waals surface area contributed by atoms with Gasteiger partial charge in [0.25, 0.3) is 5.91 Å². The van der Waals surface area contributed by atoms with Gasteiger partial charge in [0, 0.05) is 18.5 Å². The second-order valence-electron chi connectivity index (χ2n) is 4.13. The van der Waals surface area contributed by atoms with E-state index in [4.69, 9.17) is 5.11 Å². The van der Waals surface area contributed by atoms with Crippen LogP contribution in [0.1, 0.15) is 29.6 Å². The molecule has 0 aliphatic rings. The minimum Gasteiger partial charge on any atom is -0.481 e. The van der Waals surface area contributed by atoms with Gasteiger partial charge in [0.2, 0.25) is 0 Å². The lowest BCUT2D eigenvalue weighted by Crippen LogP contribution is -2.24. The summed E-state index contributed by atoms with van der Waals surface area (Å²) in [5.74, 6) is -1.01. The number of nitrogens with zero attached hydrogens (tertiary/aromatic N) is 2. The summed E-state index contributed by atoms with van der Waals surface area (Å²) in [5, 5.41) is 21.5. The zero-order valence-electron chi connectivity index (χ0n) is 10.2. The van der Waals surface area contributed by atoms with E-state index in [0.717, 1.165) is 0 Å². The molecule has 1 amide bonds. The second-order valence-corrected chi connectivity index (χ2v) is 4.13. The van der Waals surface area contributed by atoms with Crippen LogP contribution in [0.3, 0.4) is 0 Å². The molecule has 0 aliphatic heterocycles. The maximum Gasteiger partial charge on any atom is 0.303 e. The summed E-state index contributed by atoms with van der Waals surface area (Å²) in [4.78, 5) is 22.1. The predicted molar refractivity (Wildman–Crippen MR) is 67.7 cm³/mol. The number of aliphatic carboxylic acids is 1. The molecule has 0 bridgehead atoms. The number of unbranched alkanes of at least 4 members (excludes halogenated alkanes) is 1. The van der Waals surface area contributed by atoms with Crippen molar-refractivity contribution in [3.63, 3.8) is 0 Å². The fourth-order valence-electron chi connectivity index (χ4n) is 1.69. The largest absolute Gasteiger partial charge is 0.481 e. The van der Waals surface area contributed by atoms with Crippen LogP contribution in [-0.2, 0) is 4.79 Å². The molecule has 0 saturated heterocycles. The number of aromatic nitrogens is 3. The number of carboxylic acids is 1. The molecule has 0 atom stereocenters. The van der Waals surface area contributed by atoms with Gasteiger partial charge < -0.3 is 10.4 Å². The zero-order valence-corrected chi connectivity index (χ0v) is 10.2. The van der Waals surface area contributed by atoms with Gasteiger partial charge in [-0.3, -0.25) is 9.59 Å². The van der Waals surface area contributed by atoms with Crippen molar-refractivity contribution < 1.29 is 14.7 Å². The van der Waals surface area contributed by atoms with Crippen LogP contribution in [0.2, 0.25) is 0 Å². The molecule has 0 saturated carbocycles. The van der Waals surface area contributed by atoms with Gasteiger partial charge in [0.1, 0.15) is 11.0 Å². The van der Waals surface area contributed by atoms with Gasteiger partial charge in [-0.1, -0.05) is 0 Å². The van der Waals surface area contributed by atoms with Crippen molar-refractivity contribution in [1.82, 2.24) is 20.7 Å². The second kappa shape index (κ2) is 5.94. The topological polar surface area (TPSA) is 108 Å². The number of aromatic amines is 1. The molecule has 1 aromatic carbocycles. The molecule has 0 fully saturated rings. The van der Waals surface area contributed by atoms with E-state index in [1.54, 1.807) is 18.2 Å². The van der Waals surface area contributed by atoms with Gasteiger partial charge in [-0.15, -0.1) is 0 Å². The molecular formula is C12H14N4O3. The fourth-order valence-corrected chi connectivity index (χ4v) is 1.69. The van der Waals surface area contributed by atoms with Crippen LogP contribution in [0.25, 0.3) is 11.0 Å². The summed E-state index contributed by atoms with van der Waals surface area (Å²) >= 11 is 0. The summed E-state index contributed by atoms with van der Waals surface area (Å²) in [6, 6.07) is 5.06. The lowest BCUT2D eigenvalue weighted by atomic mass is 10.2. The van der Waals surface area contributed by atoms with E-state index < -0.39 is 5.97 Å². The van der Waals surface area contributed by atoms with Crippen LogP contribution in [-0.4, -0.2) is 38.9 Å². The number of carboxylic acid groups (broad SMARTS) is 1. The molecule has 3 N–H and O–H groups in total.